The first-order valence-electron chi connectivity index (χ1n) is 8.46. The van der Waals surface area contributed by atoms with E-state index in [1.54, 1.807) is 6.33 Å². The van der Waals surface area contributed by atoms with Crippen molar-refractivity contribution in [2.75, 3.05) is 18.4 Å². The lowest BCUT2D eigenvalue weighted by Gasteiger charge is -2.34. The van der Waals surface area contributed by atoms with Crippen LogP contribution in [0.3, 0.4) is 0 Å². The monoisotopic (exact) mass is 313 g/mol. The first-order valence-corrected chi connectivity index (χ1v) is 8.46. The van der Waals surface area contributed by atoms with Gasteiger partial charge in [0.2, 0.25) is 0 Å². The van der Waals surface area contributed by atoms with Crippen LogP contribution in [-0.4, -0.2) is 38.8 Å². The number of para-hydroxylation sites is 1. The Kier molecular flexibility index (Phi) is 4.66. The van der Waals surface area contributed by atoms with Gasteiger partial charge in [0.15, 0.2) is 0 Å². The van der Waals surface area contributed by atoms with Crippen LogP contribution in [0.2, 0.25) is 0 Å². The molecule has 23 heavy (non-hydrogen) atoms. The summed E-state index contributed by atoms with van der Waals surface area (Å²) in [6.07, 6.45) is 4.11. The quantitative estimate of drug-likeness (QED) is 0.942. The molecule has 0 saturated carbocycles. The van der Waals surface area contributed by atoms with E-state index in [2.05, 4.69) is 71.4 Å². The van der Waals surface area contributed by atoms with Crippen LogP contribution in [-0.2, 0) is 12.1 Å². The lowest BCUT2D eigenvalue weighted by atomic mass is 10.0. The zero-order chi connectivity index (χ0) is 16.3. The van der Waals surface area contributed by atoms with E-state index in [1.165, 1.54) is 18.5 Å². The highest BCUT2D eigenvalue weighted by Crippen LogP contribution is 2.19. The van der Waals surface area contributed by atoms with Gasteiger partial charge in [0, 0.05) is 18.3 Å². The van der Waals surface area contributed by atoms with Crippen molar-refractivity contribution < 1.29 is 0 Å². The van der Waals surface area contributed by atoms with Crippen LogP contribution in [0.15, 0.2) is 36.7 Å². The van der Waals surface area contributed by atoms with Crippen LogP contribution < -0.4 is 5.32 Å². The molecule has 1 atom stereocenters. The lowest BCUT2D eigenvalue weighted by molar-refractivity contribution is 0.194. The summed E-state index contributed by atoms with van der Waals surface area (Å²) in [7, 11) is 0. The zero-order valence-corrected chi connectivity index (χ0v) is 14.4. The fraction of sp³-hybridized carbons (Fsp3) is 0.556. The van der Waals surface area contributed by atoms with Crippen LogP contribution in [0, 0.1) is 0 Å². The maximum Gasteiger partial charge on any atom is 0.141 e. The molecule has 0 spiro atoms. The Morgan fingerprint density at radius 3 is 2.74 bits per heavy atom. The number of likely N-dealkylation sites (tertiary alicyclic amines) is 1. The molecule has 3 rings (SSSR count). The number of aromatic nitrogens is 3. The normalized spacial score (nSPS) is 19.7. The number of anilines is 1. The predicted octanol–water partition coefficient (Wildman–Crippen LogP) is 3.11. The maximum atomic E-state index is 4.48. The summed E-state index contributed by atoms with van der Waals surface area (Å²) >= 11 is 0. The minimum Gasteiger partial charge on any atom is -0.381 e. The van der Waals surface area contributed by atoms with Crippen LogP contribution in [0.25, 0.3) is 0 Å². The van der Waals surface area contributed by atoms with E-state index >= 15 is 0 Å². The molecule has 124 valence electrons. The van der Waals surface area contributed by atoms with Gasteiger partial charge in [0.25, 0.3) is 0 Å². The standard InChI is InChI=1S/C18H27N5/c1-18(2,3)23-17(19-14-20-23)13-22-11-7-10-16(12-22)21-15-8-5-4-6-9-15/h4-6,8-9,14,16,21H,7,10-13H2,1-3H3/t16-/m0/s1. The molecule has 1 saturated heterocycles. The summed E-state index contributed by atoms with van der Waals surface area (Å²) < 4.78 is 2.04. The average molecular weight is 313 g/mol. The van der Waals surface area contributed by atoms with Gasteiger partial charge in [-0.05, 0) is 52.3 Å². The molecule has 1 N–H and O–H groups in total. The van der Waals surface area contributed by atoms with Crippen LogP contribution in [0.4, 0.5) is 5.69 Å². The van der Waals surface area contributed by atoms with Gasteiger partial charge in [-0.25, -0.2) is 9.67 Å². The van der Waals surface area contributed by atoms with Gasteiger partial charge in [0.05, 0.1) is 12.1 Å². The van der Waals surface area contributed by atoms with Gasteiger partial charge in [-0.1, -0.05) is 18.2 Å². The SMILES string of the molecule is CC(C)(C)n1ncnc1CN1CCC[C@H](Nc2ccccc2)C1. The Morgan fingerprint density at radius 1 is 1.22 bits per heavy atom. The minimum absolute atomic E-state index is 0.0245. The van der Waals surface area contributed by atoms with Gasteiger partial charge in [-0.3, -0.25) is 4.90 Å². The van der Waals surface area contributed by atoms with Crippen molar-refractivity contribution in [3.05, 3.63) is 42.5 Å². The van der Waals surface area contributed by atoms with Gasteiger partial charge in [0.1, 0.15) is 12.2 Å². The molecular formula is C18H27N5. The topological polar surface area (TPSA) is 46.0 Å². The summed E-state index contributed by atoms with van der Waals surface area (Å²) in [6.45, 7) is 9.55. The van der Waals surface area contributed by atoms with E-state index in [0.29, 0.717) is 6.04 Å². The van der Waals surface area contributed by atoms with E-state index in [4.69, 9.17) is 0 Å². The first-order chi connectivity index (χ1) is 11.0. The predicted molar refractivity (Wildman–Crippen MR) is 93.4 cm³/mol. The van der Waals surface area contributed by atoms with Crippen molar-refractivity contribution in [3.8, 4) is 0 Å². The third-order valence-corrected chi connectivity index (χ3v) is 4.27. The highest BCUT2D eigenvalue weighted by atomic mass is 15.4. The molecule has 0 unspecified atom stereocenters. The summed E-state index contributed by atoms with van der Waals surface area (Å²) in [5.41, 5.74) is 1.18. The molecule has 5 heteroatoms. The zero-order valence-electron chi connectivity index (χ0n) is 14.4. The second-order valence-corrected chi connectivity index (χ2v) is 7.34. The first kappa shape index (κ1) is 16.0. The third kappa shape index (κ3) is 4.10. The fourth-order valence-electron chi connectivity index (χ4n) is 3.22. The largest absolute Gasteiger partial charge is 0.381 e. The Labute approximate surface area is 138 Å². The molecular weight excluding hydrogens is 286 g/mol. The van der Waals surface area contributed by atoms with E-state index in [-0.39, 0.29) is 5.54 Å². The van der Waals surface area contributed by atoms with Crippen molar-refractivity contribution in [2.24, 2.45) is 0 Å². The van der Waals surface area contributed by atoms with Crippen LogP contribution in [0.5, 0.6) is 0 Å². The number of hydrogen-bond acceptors (Lipinski definition) is 4. The van der Waals surface area contributed by atoms with Crippen molar-refractivity contribution in [3.63, 3.8) is 0 Å². The van der Waals surface area contributed by atoms with E-state index in [9.17, 15) is 0 Å². The Morgan fingerprint density at radius 2 is 2.00 bits per heavy atom. The molecule has 1 aromatic carbocycles. The number of nitrogens with one attached hydrogen (secondary N) is 1. The summed E-state index contributed by atoms with van der Waals surface area (Å²) in [4.78, 5) is 6.96. The highest BCUT2D eigenvalue weighted by molar-refractivity contribution is 5.43. The smallest absolute Gasteiger partial charge is 0.141 e. The molecule has 1 aliphatic heterocycles. The molecule has 0 bridgehead atoms. The number of hydrogen-bond donors (Lipinski definition) is 1. The van der Waals surface area contributed by atoms with Crippen molar-refractivity contribution in [2.45, 2.75) is 51.7 Å². The minimum atomic E-state index is -0.0245. The van der Waals surface area contributed by atoms with Crippen molar-refractivity contribution >= 4 is 5.69 Å². The Hall–Kier alpha value is -1.88. The summed E-state index contributed by atoms with van der Waals surface area (Å²) in [5.74, 6) is 1.05. The van der Waals surface area contributed by atoms with Crippen molar-refractivity contribution in [1.82, 2.24) is 19.7 Å². The maximum absolute atomic E-state index is 4.48. The molecule has 0 amide bonds. The molecule has 2 heterocycles. The second kappa shape index (κ2) is 6.71. The number of nitrogens with zero attached hydrogens (tertiary/aromatic N) is 4. The lowest BCUT2D eigenvalue weighted by Crippen LogP contribution is -2.42. The van der Waals surface area contributed by atoms with E-state index in [0.717, 1.165) is 25.5 Å². The van der Waals surface area contributed by atoms with Crippen LogP contribution in [0.1, 0.15) is 39.4 Å². The average Bonchev–Trinajstić information content (AvgIpc) is 2.97. The van der Waals surface area contributed by atoms with Gasteiger partial charge < -0.3 is 5.32 Å². The molecule has 1 aliphatic rings. The third-order valence-electron chi connectivity index (χ3n) is 4.27. The van der Waals surface area contributed by atoms with E-state index < -0.39 is 0 Å². The van der Waals surface area contributed by atoms with Crippen molar-refractivity contribution in [1.29, 1.82) is 0 Å². The molecule has 0 radical (unpaired) electrons. The number of piperidine rings is 1. The van der Waals surface area contributed by atoms with Gasteiger partial charge >= 0.3 is 0 Å². The van der Waals surface area contributed by atoms with Gasteiger partial charge in [-0.2, -0.15) is 5.10 Å². The summed E-state index contributed by atoms with van der Waals surface area (Å²) in [5, 5.41) is 8.05. The highest BCUT2D eigenvalue weighted by Gasteiger charge is 2.24. The second-order valence-electron chi connectivity index (χ2n) is 7.34. The number of benzene rings is 1. The Bertz CT molecular complexity index is 614. The van der Waals surface area contributed by atoms with Crippen LogP contribution >= 0.6 is 0 Å². The molecule has 0 aliphatic carbocycles. The molecule has 1 aromatic heterocycles. The fourth-order valence-corrected chi connectivity index (χ4v) is 3.22. The van der Waals surface area contributed by atoms with E-state index in [1.807, 2.05) is 4.68 Å². The summed E-state index contributed by atoms with van der Waals surface area (Å²) in [6, 6.07) is 11.0. The Balaban J connectivity index is 1.62. The number of rotatable bonds is 4. The molecule has 2 aromatic rings. The van der Waals surface area contributed by atoms with Gasteiger partial charge in [-0.15, -0.1) is 0 Å². The molecule has 1 fully saturated rings. The molecule has 5 nitrogen and oxygen atoms in total.